The van der Waals surface area contributed by atoms with Crippen LogP contribution >= 0.6 is 22.9 Å². The molecule has 1 amide bonds. The molecule has 1 aromatic heterocycles. The number of hydrogen-bond acceptors (Lipinski definition) is 4. The van der Waals surface area contributed by atoms with Crippen LogP contribution in [0.15, 0.2) is 30.3 Å². The van der Waals surface area contributed by atoms with E-state index in [1.165, 1.54) is 18.4 Å². The fourth-order valence-electron chi connectivity index (χ4n) is 2.70. The van der Waals surface area contributed by atoms with Gasteiger partial charge in [-0.2, -0.15) is 0 Å². The number of amides is 1. The van der Waals surface area contributed by atoms with Gasteiger partial charge in [0.15, 0.2) is 0 Å². The number of carbonyl (C=O) groups excluding carboxylic acids is 2. The Labute approximate surface area is 137 Å². The Balaban J connectivity index is 2.01. The molecule has 2 heterocycles. The fraction of sp³-hybridized carbons (Fsp3) is 0.250. The van der Waals surface area contributed by atoms with Gasteiger partial charge in [0.25, 0.3) is 5.91 Å². The van der Waals surface area contributed by atoms with Gasteiger partial charge in [0.05, 0.1) is 21.9 Å². The average molecular weight is 336 g/mol. The second-order valence-electron chi connectivity index (χ2n) is 4.96. The number of benzene rings is 1. The highest BCUT2D eigenvalue weighted by molar-refractivity contribution is 7.18. The Morgan fingerprint density at radius 1 is 1.27 bits per heavy atom. The highest BCUT2D eigenvalue weighted by Gasteiger charge is 2.27. The molecule has 0 N–H and O–H groups in total. The van der Waals surface area contributed by atoms with E-state index in [1.54, 1.807) is 29.2 Å². The lowest BCUT2D eigenvalue weighted by molar-refractivity contribution is 0.0599. The summed E-state index contributed by atoms with van der Waals surface area (Å²) in [5, 5.41) is 0. The van der Waals surface area contributed by atoms with Crippen molar-refractivity contribution < 1.29 is 14.3 Å². The van der Waals surface area contributed by atoms with Gasteiger partial charge in [-0.15, -0.1) is 11.3 Å². The number of thiophene rings is 1. The van der Waals surface area contributed by atoms with Gasteiger partial charge in [0, 0.05) is 12.2 Å². The zero-order valence-corrected chi connectivity index (χ0v) is 13.5. The fourth-order valence-corrected chi connectivity index (χ4v) is 3.69. The minimum atomic E-state index is -0.370. The third-order valence-corrected chi connectivity index (χ3v) is 4.90. The van der Waals surface area contributed by atoms with Crippen LogP contribution in [0, 0.1) is 0 Å². The number of hydrogen-bond donors (Lipinski definition) is 0. The van der Waals surface area contributed by atoms with Gasteiger partial charge in [-0.05, 0) is 42.7 Å². The lowest BCUT2D eigenvalue weighted by atomic mass is 9.96. The summed E-state index contributed by atoms with van der Waals surface area (Å²) in [6.07, 6.45) is 1.57. The van der Waals surface area contributed by atoms with Crippen molar-refractivity contribution in [2.24, 2.45) is 0 Å². The molecule has 3 rings (SSSR count). The molecule has 0 fully saturated rings. The summed E-state index contributed by atoms with van der Waals surface area (Å²) < 4.78 is 5.42. The smallest absolute Gasteiger partial charge is 0.338 e. The van der Waals surface area contributed by atoms with E-state index < -0.39 is 0 Å². The van der Waals surface area contributed by atoms with Crippen LogP contribution in [0.25, 0.3) is 0 Å². The maximum atomic E-state index is 12.7. The predicted octanol–water partition coefficient (Wildman–Crippen LogP) is 3.78. The van der Waals surface area contributed by atoms with Crippen molar-refractivity contribution in [2.75, 3.05) is 18.6 Å². The summed E-state index contributed by atoms with van der Waals surface area (Å²) in [4.78, 5) is 26.9. The SMILES string of the molecule is COC(=O)c1cccc2c1CCCN2C(=O)c1ccc(Cl)s1. The Kier molecular flexibility index (Phi) is 4.18. The van der Waals surface area contributed by atoms with Gasteiger partial charge in [0.1, 0.15) is 0 Å². The second-order valence-corrected chi connectivity index (χ2v) is 6.67. The van der Waals surface area contributed by atoms with Crippen LogP contribution in [0.1, 0.15) is 32.0 Å². The van der Waals surface area contributed by atoms with Crippen molar-refractivity contribution in [1.29, 1.82) is 0 Å². The first-order valence-electron chi connectivity index (χ1n) is 6.89. The molecule has 1 aromatic carbocycles. The summed E-state index contributed by atoms with van der Waals surface area (Å²) in [6, 6.07) is 8.83. The van der Waals surface area contributed by atoms with E-state index in [1.807, 2.05) is 6.07 Å². The molecule has 0 spiro atoms. The van der Waals surface area contributed by atoms with Crippen LogP contribution in [-0.4, -0.2) is 25.5 Å². The maximum Gasteiger partial charge on any atom is 0.338 e. The van der Waals surface area contributed by atoms with Crippen LogP contribution in [0.2, 0.25) is 4.34 Å². The molecule has 0 atom stereocenters. The lowest BCUT2D eigenvalue weighted by Gasteiger charge is -2.30. The molecule has 0 saturated carbocycles. The second kappa shape index (κ2) is 6.10. The molecular weight excluding hydrogens is 322 g/mol. The molecule has 22 heavy (non-hydrogen) atoms. The molecule has 0 saturated heterocycles. The van der Waals surface area contributed by atoms with Gasteiger partial charge >= 0.3 is 5.97 Å². The van der Waals surface area contributed by atoms with Crippen molar-refractivity contribution in [1.82, 2.24) is 0 Å². The summed E-state index contributed by atoms with van der Waals surface area (Å²) in [5.74, 6) is -0.454. The molecule has 6 heteroatoms. The minimum Gasteiger partial charge on any atom is -0.465 e. The number of fused-ring (bicyclic) bond motifs is 1. The molecule has 1 aliphatic rings. The first-order valence-corrected chi connectivity index (χ1v) is 8.08. The van der Waals surface area contributed by atoms with Crippen molar-refractivity contribution in [3.63, 3.8) is 0 Å². The highest BCUT2D eigenvalue weighted by Crippen LogP contribution is 2.33. The quantitative estimate of drug-likeness (QED) is 0.785. The Morgan fingerprint density at radius 3 is 2.77 bits per heavy atom. The Bertz CT molecular complexity index is 741. The standard InChI is InChI=1S/C16H14ClNO3S/c1-21-16(20)11-4-2-6-12-10(11)5-3-9-18(12)15(19)13-7-8-14(17)22-13/h2,4,6-8H,3,5,9H2,1H3. The van der Waals surface area contributed by atoms with Crippen molar-refractivity contribution >= 4 is 40.5 Å². The zero-order chi connectivity index (χ0) is 15.7. The first-order chi connectivity index (χ1) is 10.6. The summed E-state index contributed by atoms with van der Waals surface area (Å²) in [6.45, 7) is 0.631. The third kappa shape index (κ3) is 2.62. The molecule has 4 nitrogen and oxygen atoms in total. The number of esters is 1. The van der Waals surface area contributed by atoms with E-state index in [2.05, 4.69) is 0 Å². The highest BCUT2D eigenvalue weighted by atomic mass is 35.5. The molecule has 0 unspecified atom stereocenters. The molecule has 114 valence electrons. The van der Waals surface area contributed by atoms with Crippen molar-refractivity contribution in [3.05, 3.63) is 50.7 Å². The van der Waals surface area contributed by atoms with E-state index in [9.17, 15) is 9.59 Å². The molecule has 2 aromatic rings. The van der Waals surface area contributed by atoms with Crippen LogP contribution in [-0.2, 0) is 11.2 Å². The molecule has 0 aliphatic carbocycles. The third-order valence-electron chi connectivity index (χ3n) is 3.69. The number of ether oxygens (including phenoxy) is 1. The van der Waals surface area contributed by atoms with Gasteiger partial charge in [0.2, 0.25) is 0 Å². The van der Waals surface area contributed by atoms with Crippen LogP contribution < -0.4 is 4.90 Å². The van der Waals surface area contributed by atoms with Crippen molar-refractivity contribution in [3.8, 4) is 0 Å². The van der Waals surface area contributed by atoms with Crippen molar-refractivity contribution in [2.45, 2.75) is 12.8 Å². The van der Waals surface area contributed by atoms with E-state index in [4.69, 9.17) is 16.3 Å². The normalized spacial score (nSPS) is 13.6. The van der Waals surface area contributed by atoms with Gasteiger partial charge in [-0.25, -0.2) is 4.79 Å². The summed E-state index contributed by atoms with van der Waals surface area (Å²) in [7, 11) is 1.36. The number of halogens is 1. The van der Waals surface area contributed by atoms with E-state index in [0.717, 1.165) is 24.1 Å². The lowest BCUT2D eigenvalue weighted by Crippen LogP contribution is -2.35. The van der Waals surface area contributed by atoms with E-state index in [0.29, 0.717) is 21.3 Å². The van der Waals surface area contributed by atoms with Crippen LogP contribution in [0.3, 0.4) is 0 Å². The van der Waals surface area contributed by atoms with Gasteiger partial charge in [-0.1, -0.05) is 17.7 Å². The monoisotopic (exact) mass is 335 g/mol. The van der Waals surface area contributed by atoms with Gasteiger partial charge in [-0.3, -0.25) is 4.79 Å². The van der Waals surface area contributed by atoms with E-state index in [-0.39, 0.29) is 11.9 Å². The molecule has 0 radical (unpaired) electrons. The molecular formula is C16H14ClNO3S. The number of nitrogens with zero attached hydrogens (tertiary/aromatic N) is 1. The largest absolute Gasteiger partial charge is 0.465 e. The zero-order valence-electron chi connectivity index (χ0n) is 12.0. The Hall–Kier alpha value is -1.85. The summed E-state index contributed by atoms with van der Waals surface area (Å²) >= 11 is 7.18. The minimum absolute atomic E-state index is 0.0835. The number of carbonyl (C=O) groups is 2. The van der Waals surface area contributed by atoms with Crippen LogP contribution in [0.4, 0.5) is 5.69 Å². The number of anilines is 1. The van der Waals surface area contributed by atoms with Gasteiger partial charge < -0.3 is 9.64 Å². The van der Waals surface area contributed by atoms with Crippen LogP contribution in [0.5, 0.6) is 0 Å². The molecule has 0 bridgehead atoms. The predicted molar refractivity (Wildman–Crippen MR) is 87.1 cm³/mol. The maximum absolute atomic E-state index is 12.7. The summed E-state index contributed by atoms with van der Waals surface area (Å²) in [5.41, 5.74) is 2.18. The van der Waals surface area contributed by atoms with E-state index >= 15 is 0 Å². The molecule has 1 aliphatic heterocycles. The topological polar surface area (TPSA) is 46.6 Å². The number of methoxy groups -OCH3 is 1. The number of rotatable bonds is 2. The first kappa shape index (κ1) is 15.1. The Morgan fingerprint density at radius 2 is 2.09 bits per heavy atom. The average Bonchev–Trinajstić information content (AvgIpc) is 2.98.